The number of Topliss-reactive ketones (excluding diaryl/α,β-unsaturated/α-hetero) is 2. The predicted molar refractivity (Wildman–Crippen MR) is 148 cm³/mol. The second-order valence-electron chi connectivity index (χ2n) is 9.85. The Morgan fingerprint density at radius 2 is 1.63 bits per heavy atom. The van der Waals surface area contributed by atoms with Gasteiger partial charge in [-0.25, -0.2) is 0 Å². The van der Waals surface area contributed by atoms with Gasteiger partial charge in [-0.2, -0.15) is 0 Å². The zero-order valence-corrected chi connectivity index (χ0v) is 22.5. The Hall–Kier alpha value is -3.49. The van der Waals surface area contributed by atoms with Gasteiger partial charge in [0.2, 0.25) is 0 Å². The van der Waals surface area contributed by atoms with Crippen LogP contribution < -0.4 is 9.47 Å². The number of carbonyl (C=O) groups excluding carboxylic acids is 2. The molecular weight excluding hydrogens is 498 g/mol. The van der Waals surface area contributed by atoms with Gasteiger partial charge in [-0.05, 0) is 62.3 Å². The first-order valence-corrected chi connectivity index (χ1v) is 13.8. The number of allylic oxidation sites excluding steroid dienone is 4. The molecule has 1 aliphatic heterocycles. The topological polar surface area (TPSA) is 55.8 Å². The maximum absolute atomic E-state index is 13.6. The van der Waals surface area contributed by atoms with Gasteiger partial charge in [0.25, 0.3) is 0 Å². The van der Waals surface area contributed by atoms with Crippen molar-refractivity contribution < 1.29 is 19.1 Å². The van der Waals surface area contributed by atoms with Crippen molar-refractivity contribution in [2.75, 3.05) is 19.8 Å². The average molecular weight is 530 g/mol. The van der Waals surface area contributed by atoms with Crippen LogP contribution in [0.2, 0.25) is 5.02 Å². The number of nitrogens with zero attached hydrogens (tertiary/aromatic N) is 1. The van der Waals surface area contributed by atoms with Crippen LogP contribution in [0, 0.1) is 12.3 Å². The van der Waals surface area contributed by atoms with Crippen molar-refractivity contribution >= 4 is 23.2 Å². The van der Waals surface area contributed by atoms with E-state index in [-0.39, 0.29) is 18.2 Å². The van der Waals surface area contributed by atoms with Crippen LogP contribution in [0.4, 0.5) is 0 Å². The molecule has 2 aromatic rings. The summed E-state index contributed by atoms with van der Waals surface area (Å²) < 4.78 is 11.6. The van der Waals surface area contributed by atoms with E-state index in [0.29, 0.717) is 36.0 Å². The highest BCUT2D eigenvalue weighted by Gasteiger charge is 2.43. The molecule has 0 atom stereocenters. The molecule has 0 unspecified atom stereocenters. The first-order valence-electron chi connectivity index (χ1n) is 13.4. The predicted octanol–water partition coefficient (Wildman–Crippen LogP) is 6.41. The van der Waals surface area contributed by atoms with Crippen molar-refractivity contribution in [3.63, 3.8) is 0 Å². The van der Waals surface area contributed by atoms with Crippen LogP contribution in [-0.4, -0.2) is 36.2 Å². The molecule has 0 N–H and O–H groups in total. The second kappa shape index (κ2) is 11.5. The molecule has 5 nitrogen and oxygen atoms in total. The highest BCUT2D eigenvalue weighted by Crippen LogP contribution is 2.51. The van der Waals surface area contributed by atoms with Crippen LogP contribution in [0.25, 0.3) is 0 Å². The van der Waals surface area contributed by atoms with Crippen LogP contribution in [0.1, 0.15) is 62.5 Å². The monoisotopic (exact) mass is 529 g/mol. The lowest BCUT2D eigenvalue weighted by molar-refractivity contribution is -0.117. The Kier molecular flexibility index (Phi) is 7.90. The molecule has 0 spiro atoms. The second-order valence-corrected chi connectivity index (χ2v) is 10.3. The van der Waals surface area contributed by atoms with E-state index >= 15 is 0 Å². The van der Waals surface area contributed by atoms with Gasteiger partial charge in [-0.15, -0.1) is 6.42 Å². The third kappa shape index (κ3) is 4.98. The largest absolute Gasteiger partial charge is 0.490 e. The van der Waals surface area contributed by atoms with Crippen LogP contribution in [0.15, 0.2) is 65.0 Å². The van der Waals surface area contributed by atoms with E-state index in [1.165, 1.54) is 5.56 Å². The minimum atomic E-state index is -0.466. The van der Waals surface area contributed by atoms with Crippen LogP contribution >= 0.6 is 11.6 Å². The van der Waals surface area contributed by atoms with E-state index in [2.05, 4.69) is 23.0 Å². The fourth-order valence-electron chi connectivity index (χ4n) is 5.98. The highest BCUT2D eigenvalue weighted by atomic mass is 35.5. The van der Waals surface area contributed by atoms with Crippen molar-refractivity contribution in [3.8, 4) is 23.8 Å². The lowest BCUT2D eigenvalue weighted by Crippen LogP contribution is -2.40. The lowest BCUT2D eigenvalue weighted by atomic mass is 9.71. The minimum Gasteiger partial charge on any atom is -0.490 e. The van der Waals surface area contributed by atoms with Gasteiger partial charge in [0, 0.05) is 47.8 Å². The smallest absolute Gasteiger partial charge is 0.181 e. The quantitative estimate of drug-likeness (QED) is 0.370. The average Bonchev–Trinajstić information content (AvgIpc) is 2.92. The maximum Gasteiger partial charge on any atom is 0.181 e. The van der Waals surface area contributed by atoms with E-state index in [0.717, 1.165) is 66.8 Å². The molecule has 0 radical (unpaired) electrons. The summed E-state index contributed by atoms with van der Waals surface area (Å²) in [5.41, 5.74) is 5.58. The molecule has 2 aliphatic carbocycles. The van der Waals surface area contributed by atoms with Crippen molar-refractivity contribution in [2.24, 2.45) is 0 Å². The Morgan fingerprint density at radius 3 is 2.24 bits per heavy atom. The van der Waals surface area contributed by atoms with Crippen molar-refractivity contribution in [1.29, 1.82) is 0 Å². The van der Waals surface area contributed by atoms with Gasteiger partial charge < -0.3 is 14.4 Å². The number of ketones is 2. The highest BCUT2D eigenvalue weighted by molar-refractivity contribution is 6.32. The molecule has 38 heavy (non-hydrogen) atoms. The van der Waals surface area contributed by atoms with Gasteiger partial charge in [-0.3, -0.25) is 9.59 Å². The molecule has 196 valence electrons. The molecule has 0 amide bonds. The number of carbonyl (C=O) groups is 2. The number of ether oxygens (including phenoxy) is 2. The Labute approximate surface area is 229 Å². The fraction of sp³-hybridized carbons (Fsp3) is 0.375. The number of hydrogen-bond donors (Lipinski definition) is 0. The van der Waals surface area contributed by atoms with Crippen LogP contribution in [-0.2, 0) is 16.0 Å². The summed E-state index contributed by atoms with van der Waals surface area (Å²) in [4.78, 5) is 29.5. The van der Waals surface area contributed by atoms with Crippen molar-refractivity contribution in [1.82, 2.24) is 4.90 Å². The summed E-state index contributed by atoms with van der Waals surface area (Å²) in [6.45, 7) is 3.08. The van der Waals surface area contributed by atoms with E-state index < -0.39 is 5.92 Å². The van der Waals surface area contributed by atoms with Crippen LogP contribution in [0.3, 0.4) is 0 Å². The van der Waals surface area contributed by atoms with Gasteiger partial charge >= 0.3 is 0 Å². The third-order valence-corrected chi connectivity index (χ3v) is 7.80. The molecule has 0 saturated carbocycles. The number of halogens is 1. The molecule has 6 heteroatoms. The summed E-state index contributed by atoms with van der Waals surface area (Å²) in [6, 6.07) is 14.0. The van der Waals surface area contributed by atoms with E-state index in [9.17, 15) is 9.59 Å². The van der Waals surface area contributed by atoms with Gasteiger partial charge in [0.05, 0.1) is 11.6 Å². The maximum atomic E-state index is 13.6. The number of hydrogen-bond acceptors (Lipinski definition) is 5. The molecule has 0 bridgehead atoms. The standard InChI is InChI=1S/C32H32ClNO4/c1-3-18-38-32-23(33)19-22(20-28(32)37-4-2)29-30-24(12-8-14-26(30)35)34(17-16-21-10-6-5-7-11-21)25-13-9-15-27(36)31(25)29/h1,5-7,10-11,19-20,29H,4,8-9,12-18H2,2H3. The molecule has 0 aromatic heterocycles. The Bertz CT molecular complexity index is 1310. The van der Waals surface area contributed by atoms with Crippen LogP contribution in [0.5, 0.6) is 11.5 Å². The molecule has 0 saturated heterocycles. The lowest BCUT2D eigenvalue weighted by Gasteiger charge is -2.44. The summed E-state index contributed by atoms with van der Waals surface area (Å²) in [6.07, 6.45) is 10.4. The summed E-state index contributed by atoms with van der Waals surface area (Å²) in [5, 5.41) is 0.350. The van der Waals surface area contributed by atoms with E-state index in [1.54, 1.807) is 6.07 Å². The molecule has 1 heterocycles. The SMILES string of the molecule is C#CCOc1c(Cl)cc(C2C3=C(CCCC3=O)N(CCc3ccccc3)C3=C2C(=O)CCC3)cc1OCC. The zero-order chi connectivity index (χ0) is 26.6. The third-order valence-electron chi connectivity index (χ3n) is 7.52. The molecule has 5 rings (SSSR count). The van der Waals surface area contributed by atoms with Gasteiger partial charge in [0.1, 0.15) is 6.61 Å². The summed E-state index contributed by atoms with van der Waals surface area (Å²) in [5.74, 6) is 3.05. The Morgan fingerprint density at radius 1 is 0.974 bits per heavy atom. The number of rotatable bonds is 8. The fourth-order valence-corrected chi connectivity index (χ4v) is 6.25. The normalized spacial score (nSPS) is 17.8. The van der Waals surface area contributed by atoms with Crippen molar-refractivity contribution in [3.05, 3.63) is 81.2 Å². The number of terminal acetylenes is 1. The van der Waals surface area contributed by atoms with E-state index in [4.69, 9.17) is 27.5 Å². The molecule has 0 fully saturated rings. The molecule has 3 aliphatic rings. The first kappa shape index (κ1) is 26.1. The molecular formula is C32H32ClNO4. The van der Waals surface area contributed by atoms with E-state index in [1.807, 2.05) is 31.2 Å². The summed E-state index contributed by atoms with van der Waals surface area (Å²) >= 11 is 6.71. The van der Waals surface area contributed by atoms with Crippen molar-refractivity contribution in [2.45, 2.75) is 57.8 Å². The zero-order valence-electron chi connectivity index (χ0n) is 21.7. The first-order chi connectivity index (χ1) is 18.5. The minimum absolute atomic E-state index is 0.0561. The Balaban J connectivity index is 1.64. The summed E-state index contributed by atoms with van der Waals surface area (Å²) in [7, 11) is 0. The number of benzene rings is 2. The van der Waals surface area contributed by atoms with Gasteiger partial charge in [-0.1, -0.05) is 47.9 Å². The molecule has 2 aromatic carbocycles. The van der Waals surface area contributed by atoms with Gasteiger partial charge in [0.15, 0.2) is 23.1 Å².